The van der Waals surface area contributed by atoms with Gasteiger partial charge in [0.2, 0.25) is 11.8 Å². The van der Waals surface area contributed by atoms with E-state index in [2.05, 4.69) is 24.1 Å². The molecule has 6 heteroatoms. The van der Waals surface area contributed by atoms with Gasteiger partial charge in [0.1, 0.15) is 6.26 Å². The number of rotatable bonds is 8. The van der Waals surface area contributed by atoms with Crippen molar-refractivity contribution in [3.8, 4) is 10.8 Å². The van der Waals surface area contributed by atoms with E-state index in [1.54, 1.807) is 17.6 Å². The molecule has 2 heterocycles. The first-order valence-corrected chi connectivity index (χ1v) is 7.86. The van der Waals surface area contributed by atoms with Crippen molar-refractivity contribution in [2.45, 2.75) is 26.8 Å². The highest BCUT2D eigenvalue weighted by Gasteiger charge is 2.08. The Kier molecular flexibility index (Phi) is 5.95. The Morgan fingerprint density at radius 3 is 3.10 bits per heavy atom. The molecule has 0 aliphatic carbocycles. The van der Waals surface area contributed by atoms with E-state index in [1.807, 2.05) is 17.5 Å². The predicted molar refractivity (Wildman–Crippen MR) is 81.9 cm³/mol. The molecule has 1 amide bonds. The fourth-order valence-electron chi connectivity index (χ4n) is 1.66. The van der Waals surface area contributed by atoms with E-state index in [1.165, 1.54) is 0 Å². The summed E-state index contributed by atoms with van der Waals surface area (Å²) in [6.07, 6.45) is 1.94. The van der Waals surface area contributed by atoms with Crippen molar-refractivity contribution in [1.29, 1.82) is 0 Å². The highest BCUT2D eigenvalue weighted by atomic mass is 32.1. The number of nitrogens with zero attached hydrogens (tertiary/aromatic N) is 1. The summed E-state index contributed by atoms with van der Waals surface area (Å²) in [5, 5.41) is 4.78. The number of nitrogens with one attached hydrogen (secondary N) is 1. The van der Waals surface area contributed by atoms with Crippen molar-refractivity contribution in [3.05, 3.63) is 29.5 Å². The minimum Gasteiger partial charge on any atom is -0.443 e. The molecule has 2 aromatic heterocycles. The lowest BCUT2D eigenvalue weighted by Gasteiger charge is -2.06. The molecule has 0 spiro atoms. The van der Waals surface area contributed by atoms with E-state index < -0.39 is 0 Å². The number of oxazole rings is 1. The Hall–Kier alpha value is -1.66. The van der Waals surface area contributed by atoms with Crippen molar-refractivity contribution >= 4 is 17.2 Å². The van der Waals surface area contributed by atoms with E-state index in [4.69, 9.17) is 9.15 Å². The smallest absolute Gasteiger partial charge is 0.236 e. The Bertz CT molecular complexity index is 549. The van der Waals surface area contributed by atoms with Crippen molar-refractivity contribution < 1.29 is 13.9 Å². The van der Waals surface area contributed by atoms with Crippen molar-refractivity contribution in [3.63, 3.8) is 0 Å². The molecule has 0 radical (unpaired) electrons. The molecule has 0 aromatic carbocycles. The molecule has 0 fully saturated rings. The highest BCUT2D eigenvalue weighted by Crippen LogP contribution is 2.23. The summed E-state index contributed by atoms with van der Waals surface area (Å²) in [5.74, 6) is 1.04. The van der Waals surface area contributed by atoms with E-state index in [9.17, 15) is 4.79 Å². The first kappa shape index (κ1) is 15.7. The molecule has 2 aromatic rings. The van der Waals surface area contributed by atoms with Gasteiger partial charge >= 0.3 is 0 Å². The minimum absolute atomic E-state index is 0.0422. The molecule has 114 valence electrons. The maximum absolute atomic E-state index is 11.6. The maximum atomic E-state index is 11.6. The molecule has 0 saturated carbocycles. The van der Waals surface area contributed by atoms with Crippen LogP contribution >= 0.6 is 11.3 Å². The summed E-state index contributed by atoms with van der Waals surface area (Å²) in [6.45, 7) is 5.66. The molecule has 1 N–H and O–H groups in total. The summed E-state index contributed by atoms with van der Waals surface area (Å²) >= 11 is 1.57. The van der Waals surface area contributed by atoms with E-state index in [0.29, 0.717) is 38.0 Å². The third-order valence-electron chi connectivity index (χ3n) is 2.68. The van der Waals surface area contributed by atoms with Crippen LogP contribution in [-0.4, -0.2) is 24.1 Å². The Morgan fingerprint density at radius 1 is 1.52 bits per heavy atom. The SMILES string of the molecule is CC(C)COCCC(=O)NCc1coc(-c2cccs2)n1. The fraction of sp³-hybridized carbons (Fsp3) is 0.467. The van der Waals surface area contributed by atoms with Gasteiger partial charge in [0.05, 0.1) is 23.7 Å². The second kappa shape index (κ2) is 7.95. The molecule has 0 unspecified atom stereocenters. The lowest BCUT2D eigenvalue weighted by atomic mass is 10.2. The minimum atomic E-state index is -0.0422. The van der Waals surface area contributed by atoms with Crippen LogP contribution in [-0.2, 0) is 16.1 Å². The fourth-order valence-corrected chi connectivity index (χ4v) is 2.32. The van der Waals surface area contributed by atoms with Gasteiger partial charge < -0.3 is 14.5 Å². The first-order valence-electron chi connectivity index (χ1n) is 6.98. The molecule has 0 saturated heterocycles. The number of thiophene rings is 1. The molecule has 0 aliphatic rings. The second-order valence-corrected chi connectivity index (χ2v) is 6.06. The summed E-state index contributed by atoms with van der Waals surface area (Å²) in [7, 11) is 0. The van der Waals surface area contributed by atoms with Crippen LogP contribution < -0.4 is 5.32 Å². The molecule has 0 bridgehead atoms. The third kappa shape index (κ3) is 5.32. The zero-order valence-electron chi connectivity index (χ0n) is 12.3. The number of carbonyl (C=O) groups is 1. The first-order chi connectivity index (χ1) is 10.1. The highest BCUT2D eigenvalue weighted by molar-refractivity contribution is 7.13. The van der Waals surface area contributed by atoms with Crippen LogP contribution in [0.1, 0.15) is 26.0 Å². The average Bonchev–Trinajstić information content (AvgIpc) is 3.11. The second-order valence-electron chi connectivity index (χ2n) is 5.12. The molecule has 5 nitrogen and oxygen atoms in total. The van der Waals surface area contributed by atoms with Crippen LogP contribution in [0, 0.1) is 5.92 Å². The Labute approximate surface area is 128 Å². The molecular weight excluding hydrogens is 288 g/mol. The van der Waals surface area contributed by atoms with Gasteiger partial charge in [-0.3, -0.25) is 4.79 Å². The third-order valence-corrected chi connectivity index (χ3v) is 3.53. The van der Waals surface area contributed by atoms with Gasteiger partial charge in [-0.25, -0.2) is 4.98 Å². The van der Waals surface area contributed by atoms with Crippen molar-refractivity contribution in [2.24, 2.45) is 5.92 Å². The normalized spacial score (nSPS) is 11.0. The van der Waals surface area contributed by atoms with E-state index >= 15 is 0 Å². The van der Waals surface area contributed by atoms with Crippen molar-refractivity contribution in [1.82, 2.24) is 10.3 Å². The van der Waals surface area contributed by atoms with Crippen LogP contribution in [0.4, 0.5) is 0 Å². The lowest BCUT2D eigenvalue weighted by molar-refractivity contribution is -0.122. The Balaban J connectivity index is 1.69. The number of ether oxygens (including phenoxy) is 1. The van der Waals surface area contributed by atoms with Gasteiger partial charge in [0, 0.05) is 13.0 Å². The average molecular weight is 308 g/mol. The Morgan fingerprint density at radius 2 is 2.38 bits per heavy atom. The van der Waals surface area contributed by atoms with Crippen LogP contribution in [0.25, 0.3) is 10.8 Å². The largest absolute Gasteiger partial charge is 0.443 e. The maximum Gasteiger partial charge on any atom is 0.236 e. The van der Waals surface area contributed by atoms with E-state index in [0.717, 1.165) is 10.6 Å². The van der Waals surface area contributed by atoms with Crippen LogP contribution in [0.5, 0.6) is 0 Å². The molecule has 0 atom stereocenters. The number of hydrogen-bond donors (Lipinski definition) is 1. The summed E-state index contributed by atoms with van der Waals surface area (Å²) in [6, 6.07) is 3.90. The van der Waals surface area contributed by atoms with Crippen molar-refractivity contribution in [2.75, 3.05) is 13.2 Å². The zero-order chi connectivity index (χ0) is 15.1. The van der Waals surface area contributed by atoms with Crippen LogP contribution in [0.2, 0.25) is 0 Å². The summed E-state index contributed by atoms with van der Waals surface area (Å²) in [5.41, 5.74) is 0.717. The number of hydrogen-bond acceptors (Lipinski definition) is 5. The van der Waals surface area contributed by atoms with E-state index in [-0.39, 0.29) is 5.91 Å². The summed E-state index contributed by atoms with van der Waals surface area (Å²) < 4.78 is 10.8. The number of aromatic nitrogens is 1. The standard InChI is InChI=1S/C15H20N2O3S/c1-11(2)9-19-6-5-14(18)16-8-12-10-20-15(17-12)13-4-3-7-21-13/h3-4,7,10-11H,5-6,8-9H2,1-2H3,(H,16,18). The van der Waals surface area contributed by atoms with Gasteiger partial charge in [-0.05, 0) is 17.4 Å². The molecule has 0 aliphatic heterocycles. The summed E-state index contributed by atoms with van der Waals surface area (Å²) in [4.78, 5) is 17.0. The van der Waals surface area contributed by atoms with Crippen LogP contribution in [0.3, 0.4) is 0 Å². The molecular formula is C15H20N2O3S. The molecule has 21 heavy (non-hydrogen) atoms. The predicted octanol–water partition coefficient (Wildman–Crippen LogP) is 3.08. The lowest BCUT2D eigenvalue weighted by Crippen LogP contribution is -2.24. The number of carbonyl (C=O) groups excluding carboxylic acids is 1. The topological polar surface area (TPSA) is 64.4 Å². The van der Waals surface area contributed by atoms with Gasteiger partial charge in [0.15, 0.2) is 0 Å². The van der Waals surface area contributed by atoms with Gasteiger partial charge in [-0.2, -0.15) is 0 Å². The molecule has 2 rings (SSSR count). The van der Waals surface area contributed by atoms with Gasteiger partial charge in [-0.1, -0.05) is 19.9 Å². The zero-order valence-corrected chi connectivity index (χ0v) is 13.1. The quantitative estimate of drug-likeness (QED) is 0.761. The monoisotopic (exact) mass is 308 g/mol. The van der Waals surface area contributed by atoms with Gasteiger partial charge in [-0.15, -0.1) is 11.3 Å². The van der Waals surface area contributed by atoms with Crippen LogP contribution in [0.15, 0.2) is 28.2 Å². The van der Waals surface area contributed by atoms with Gasteiger partial charge in [0.25, 0.3) is 0 Å². The number of amides is 1.